The summed E-state index contributed by atoms with van der Waals surface area (Å²) >= 11 is 0. The first kappa shape index (κ1) is 15.9. The van der Waals surface area contributed by atoms with E-state index in [0.717, 1.165) is 37.8 Å². The first-order chi connectivity index (χ1) is 12.1. The van der Waals surface area contributed by atoms with Gasteiger partial charge in [-0.2, -0.15) is 0 Å². The number of carbonyl (C=O) groups excluding carboxylic acids is 2. The van der Waals surface area contributed by atoms with Crippen molar-refractivity contribution >= 4 is 11.8 Å². The summed E-state index contributed by atoms with van der Waals surface area (Å²) in [6.07, 6.45) is 3.21. The molecular weight excluding hydrogens is 318 g/mol. The van der Waals surface area contributed by atoms with Gasteiger partial charge >= 0.3 is 0 Å². The van der Waals surface area contributed by atoms with Gasteiger partial charge in [-0.1, -0.05) is 35.5 Å². The minimum atomic E-state index is -0.698. The van der Waals surface area contributed by atoms with Crippen LogP contribution in [0.4, 0.5) is 0 Å². The van der Waals surface area contributed by atoms with Gasteiger partial charge in [0.15, 0.2) is 11.5 Å². The average Bonchev–Trinajstić information content (AvgIpc) is 3.28. The number of hydrogen-bond acceptors (Lipinski definition) is 4. The molecule has 4 rings (SSSR count). The van der Waals surface area contributed by atoms with Crippen LogP contribution in [0, 0.1) is 0 Å². The van der Waals surface area contributed by atoms with Crippen molar-refractivity contribution in [3.8, 4) is 11.3 Å². The first-order valence-corrected chi connectivity index (χ1v) is 8.71. The van der Waals surface area contributed by atoms with Crippen LogP contribution in [0.25, 0.3) is 11.3 Å². The predicted octanol–water partition coefficient (Wildman–Crippen LogP) is 2.57. The van der Waals surface area contributed by atoms with Crippen molar-refractivity contribution < 1.29 is 14.1 Å². The zero-order chi connectivity index (χ0) is 17.4. The quantitative estimate of drug-likeness (QED) is 0.843. The summed E-state index contributed by atoms with van der Waals surface area (Å²) in [5, 5.41) is 3.97. The summed E-state index contributed by atoms with van der Waals surface area (Å²) < 4.78 is 5.36. The number of likely N-dealkylation sites (N-methyl/N-ethyl adjacent to an activating group) is 1. The van der Waals surface area contributed by atoms with Crippen LogP contribution in [0.3, 0.4) is 0 Å². The van der Waals surface area contributed by atoms with Crippen LogP contribution in [0.1, 0.15) is 36.2 Å². The zero-order valence-electron chi connectivity index (χ0n) is 14.3. The Labute approximate surface area is 146 Å². The lowest BCUT2D eigenvalue weighted by molar-refractivity contribution is -0.144. The molecule has 1 spiro atoms. The molecule has 25 heavy (non-hydrogen) atoms. The van der Waals surface area contributed by atoms with Gasteiger partial charge in [0.1, 0.15) is 5.54 Å². The highest BCUT2D eigenvalue weighted by Crippen LogP contribution is 2.38. The van der Waals surface area contributed by atoms with Crippen LogP contribution in [0.2, 0.25) is 0 Å². The third-order valence-corrected chi connectivity index (χ3v) is 5.35. The number of amides is 2. The lowest BCUT2D eigenvalue weighted by atomic mass is 9.85. The fourth-order valence-electron chi connectivity index (χ4n) is 4.08. The second-order valence-electron chi connectivity index (χ2n) is 6.86. The highest BCUT2D eigenvalue weighted by atomic mass is 16.5. The van der Waals surface area contributed by atoms with E-state index in [9.17, 15) is 9.59 Å². The molecule has 1 atom stereocenters. The van der Waals surface area contributed by atoms with Crippen LogP contribution in [0.15, 0.2) is 40.9 Å². The van der Waals surface area contributed by atoms with Gasteiger partial charge < -0.3 is 14.3 Å². The molecule has 6 nitrogen and oxygen atoms in total. The largest absolute Gasteiger partial charge is 0.355 e. The number of carbonyl (C=O) groups is 2. The number of rotatable bonds is 2. The minimum absolute atomic E-state index is 0.0522. The molecule has 2 aliphatic heterocycles. The van der Waals surface area contributed by atoms with Crippen molar-refractivity contribution in [2.24, 2.45) is 0 Å². The number of hydrogen-bond donors (Lipinski definition) is 0. The number of piperidine rings is 1. The molecule has 0 bridgehead atoms. The first-order valence-electron chi connectivity index (χ1n) is 8.71. The van der Waals surface area contributed by atoms with Gasteiger partial charge in [-0.25, -0.2) is 0 Å². The molecule has 2 saturated heterocycles. The van der Waals surface area contributed by atoms with Crippen molar-refractivity contribution in [1.29, 1.82) is 0 Å². The monoisotopic (exact) mass is 339 g/mol. The molecule has 1 aromatic carbocycles. The van der Waals surface area contributed by atoms with Crippen molar-refractivity contribution in [2.45, 2.75) is 31.2 Å². The van der Waals surface area contributed by atoms with E-state index in [2.05, 4.69) is 5.16 Å². The molecule has 2 aliphatic rings. The maximum Gasteiger partial charge on any atom is 0.276 e. The second-order valence-corrected chi connectivity index (χ2v) is 6.86. The third-order valence-electron chi connectivity index (χ3n) is 5.35. The Morgan fingerprint density at radius 3 is 2.64 bits per heavy atom. The lowest BCUT2D eigenvalue weighted by Gasteiger charge is -2.43. The van der Waals surface area contributed by atoms with Crippen LogP contribution in [-0.4, -0.2) is 52.4 Å². The topological polar surface area (TPSA) is 66.7 Å². The van der Waals surface area contributed by atoms with E-state index in [1.165, 1.54) is 0 Å². The number of likely N-dealkylation sites (tertiary alicyclic amines) is 2. The van der Waals surface area contributed by atoms with E-state index in [4.69, 9.17) is 4.52 Å². The van der Waals surface area contributed by atoms with Gasteiger partial charge in [-0.05, 0) is 25.7 Å². The van der Waals surface area contributed by atoms with Crippen LogP contribution in [0.5, 0.6) is 0 Å². The van der Waals surface area contributed by atoms with Gasteiger partial charge in [0, 0.05) is 31.8 Å². The van der Waals surface area contributed by atoms with Crippen molar-refractivity contribution in [3.05, 3.63) is 42.1 Å². The summed E-state index contributed by atoms with van der Waals surface area (Å²) in [6, 6.07) is 11.2. The van der Waals surface area contributed by atoms with Crippen LogP contribution < -0.4 is 0 Å². The Balaban J connectivity index is 1.62. The summed E-state index contributed by atoms with van der Waals surface area (Å²) in [7, 11) is 1.81. The molecule has 130 valence electrons. The van der Waals surface area contributed by atoms with Gasteiger partial charge in [0.25, 0.3) is 5.91 Å². The van der Waals surface area contributed by atoms with Crippen molar-refractivity contribution in [1.82, 2.24) is 15.0 Å². The minimum Gasteiger partial charge on any atom is -0.355 e. The second kappa shape index (κ2) is 6.02. The highest BCUT2D eigenvalue weighted by molar-refractivity contribution is 5.99. The van der Waals surface area contributed by atoms with Crippen molar-refractivity contribution in [3.63, 3.8) is 0 Å². The Morgan fingerprint density at radius 2 is 1.88 bits per heavy atom. The molecule has 0 N–H and O–H groups in total. The van der Waals surface area contributed by atoms with E-state index in [-0.39, 0.29) is 17.5 Å². The Bertz CT molecular complexity index is 801. The molecule has 2 amide bonds. The summed E-state index contributed by atoms with van der Waals surface area (Å²) in [5.41, 5.74) is 0.440. The predicted molar refractivity (Wildman–Crippen MR) is 91.8 cm³/mol. The standard InChI is InChI=1S/C19H21N3O3/c1-21-11-5-9-19(18(21)24)10-6-12-22(19)17(23)15-13-16(25-20-15)14-7-3-2-4-8-14/h2-4,7-8,13H,5-6,9-12H2,1H3. The molecule has 2 fully saturated rings. The van der Waals surface area contributed by atoms with Crippen LogP contribution in [-0.2, 0) is 4.79 Å². The maximum absolute atomic E-state index is 13.0. The fraction of sp³-hybridized carbons (Fsp3) is 0.421. The smallest absolute Gasteiger partial charge is 0.276 e. The molecule has 1 aromatic heterocycles. The molecule has 0 aliphatic carbocycles. The Kier molecular flexibility index (Phi) is 3.82. The van der Waals surface area contributed by atoms with Gasteiger partial charge in [0.2, 0.25) is 5.91 Å². The fourth-order valence-corrected chi connectivity index (χ4v) is 4.08. The number of benzene rings is 1. The average molecular weight is 339 g/mol. The lowest BCUT2D eigenvalue weighted by Crippen LogP contribution is -2.60. The normalized spacial score (nSPS) is 23.5. The van der Waals surface area contributed by atoms with E-state index in [1.54, 1.807) is 15.9 Å². The maximum atomic E-state index is 13.0. The van der Waals surface area contributed by atoms with Gasteiger partial charge in [-0.3, -0.25) is 9.59 Å². The molecule has 0 radical (unpaired) electrons. The van der Waals surface area contributed by atoms with E-state index in [1.807, 2.05) is 37.4 Å². The zero-order valence-corrected chi connectivity index (χ0v) is 14.3. The number of nitrogens with zero attached hydrogens (tertiary/aromatic N) is 3. The van der Waals surface area contributed by atoms with Gasteiger partial charge in [0.05, 0.1) is 0 Å². The summed E-state index contributed by atoms with van der Waals surface area (Å²) in [6.45, 7) is 1.34. The molecule has 2 aromatic rings. The van der Waals surface area contributed by atoms with Gasteiger partial charge in [-0.15, -0.1) is 0 Å². The van der Waals surface area contributed by atoms with Crippen LogP contribution >= 0.6 is 0 Å². The molecule has 6 heteroatoms. The molecule has 1 unspecified atom stereocenters. The molecular formula is C19H21N3O3. The number of aromatic nitrogens is 1. The summed E-state index contributed by atoms with van der Waals surface area (Å²) in [5.74, 6) is 0.396. The molecule has 3 heterocycles. The Morgan fingerprint density at radius 1 is 1.16 bits per heavy atom. The van der Waals surface area contributed by atoms with E-state index < -0.39 is 5.54 Å². The molecule has 0 saturated carbocycles. The third kappa shape index (κ3) is 2.52. The van der Waals surface area contributed by atoms with Crippen molar-refractivity contribution in [2.75, 3.05) is 20.1 Å². The highest BCUT2D eigenvalue weighted by Gasteiger charge is 2.52. The Hall–Kier alpha value is -2.63. The van der Waals surface area contributed by atoms with E-state index in [0.29, 0.717) is 12.3 Å². The van der Waals surface area contributed by atoms with E-state index >= 15 is 0 Å². The SMILES string of the molecule is CN1CCCC2(CCCN2C(=O)c2cc(-c3ccccc3)on2)C1=O. The summed E-state index contributed by atoms with van der Waals surface area (Å²) in [4.78, 5) is 29.3.